The van der Waals surface area contributed by atoms with Gasteiger partial charge in [0.2, 0.25) is 5.78 Å². The summed E-state index contributed by atoms with van der Waals surface area (Å²) in [6.45, 7) is 6.98. The lowest BCUT2D eigenvalue weighted by molar-refractivity contribution is 0.0430. The van der Waals surface area contributed by atoms with E-state index in [0.717, 1.165) is 24.1 Å². The van der Waals surface area contributed by atoms with E-state index in [2.05, 4.69) is 32.9 Å². The van der Waals surface area contributed by atoms with Crippen LogP contribution in [-0.2, 0) is 6.54 Å². The Hall–Kier alpha value is -1.46. The fourth-order valence-corrected chi connectivity index (χ4v) is 3.89. The van der Waals surface area contributed by atoms with E-state index < -0.39 is 0 Å². The summed E-state index contributed by atoms with van der Waals surface area (Å²) < 4.78 is 2.02. The predicted molar refractivity (Wildman–Crippen MR) is 82.1 cm³/mol. The number of hydrogen-bond acceptors (Lipinski definition) is 4. The minimum Gasteiger partial charge on any atom is -0.298 e. The van der Waals surface area contributed by atoms with E-state index in [9.17, 15) is 0 Å². The maximum atomic E-state index is 4.66. The maximum absolute atomic E-state index is 4.66. The molecule has 0 spiro atoms. The van der Waals surface area contributed by atoms with Gasteiger partial charge in [0.05, 0.1) is 5.69 Å². The van der Waals surface area contributed by atoms with Gasteiger partial charge in [0, 0.05) is 50.3 Å². The highest BCUT2D eigenvalue weighted by Gasteiger charge is 2.35. The number of aromatic nitrogens is 3. The van der Waals surface area contributed by atoms with Crippen LogP contribution in [0, 0.1) is 0 Å². The summed E-state index contributed by atoms with van der Waals surface area (Å²) in [6.07, 6.45) is 9.89. The van der Waals surface area contributed by atoms with Crippen LogP contribution in [-0.4, -0.2) is 55.9 Å². The molecule has 0 bridgehead atoms. The first kappa shape index (κ1) is 13.2. The van der Waals surface area contributed by atoms with Crippen LogP contribution in [0.25, 0.3) is 5.78 Å². The van der Waals surface area contributed by atoms with Gasteiger partial charge in [-0.05, 0) is 31.9 Å². The smallest absolute Gasteiger partial charge is 0.233 e. The number of fused-ring (bicyclic) bond motifs is 2. The van der Waals surface area contributed by atoms with E-state index >= 15 is 0 Å². The molecular weight excluding hydrogens is 262 g/mol. The topological polar surface area (TPSA) is 36.7 Å². The molecule has 21 heavy (non-hydrogen) atoms. The van der Waals surface area contributed by atoms with Crippen LogP contribution >= 0.6 is 0 Å². The molecule has 2 unspecified atom stereocenters. The van der Waals surface area contributed by atoms with E-state index in [1.54, 1.807) is 6.20 Å². The van der Waals surface area contributed by atoms with Gasteiger partial charge in [-0.1, -0.05) is 6.92 Å². The minimum absolute atomic E-state index is 0.664. The molecule has 4 rings (SSSR count). The molecule has 2 fully saturated rings. The van der Waals surface area contributed by atoms with Crippen molar-refractivity contribution in [3.05, 3.63) is 30.4 Å². The van der Waals surface area contributed by atoms with Gasteiger partial charge in [-0.3, -0.25) is 14.2 Å². The third kappa shape index (κ3) is 2.45. The zero-order chi connectivity index (χ0) is 14.2. The SMILES string of the molecule is CCC1CN2CCCC2CN1Cc1cn2cccnc2n1. The molecule has 2 atom stereocenters. The third-order valence-electron chi connectivity index (χ3n) is 5.03. The Balaban J connectivity index is 1.54. The molecule has 2 aliphatic rings. The lowest BCUT2D eigenvalue weighted by Gasteiger charge is -2.43. The number of hydrogen-bond donors (Lipinski definition) is 0. The summed E-state index contributed by atoms with van der Waals surface area (Å²) in [6, 6.07) is 3.38. The van der Waals surface area contributed by atoms with Crippen molar-refractivity contribution in [2.45, 2.75) is 44.8 Å². The molecule has 2 aliphatic heterocycles. The molecule has 0 amide bonds. The summed E-state index contributed by atoms with van der Waals surface area (Å²) in [7, 11) is 0. The number of imidazole rings is 1. The Morgan fingerprint density at radius 2 is 2.29 bits per heavy atom. The van der Waals surface area contributed by atoms with Crippen LogP contribution in [0.3, 0.4) is 0 Å². The van der Waals surface area contributed by atoms with Crippen molar-refractivity contribution < 1.29 is 0 Å². The van der Waals surface area contributed by atoms with Crippen LogP contribution in [0.4, 0.5) is 0 Å². The summed E-state index contributed by atoms with van der Waals surface area (Å²) in [5.74, 6) is 0.806. The Morgan fingerprint density at radius 3 is 3.14 bits per heavy atom. The van der Waals surface area contributed by atoms with Crippen molar-refractivity contribution in [1.29, 1.82) is 0 Å². The molecule has 0 aliphatic carbocycles. The molecule has 4 heterocycles. The lowest BCUT2D eigenvalue weighted by atomic mass is 10.0. The highest BCUT2D eigenvalue weighted by Crippen LogP contribution is 2.26. The largest absolute Gasteiger partial charge is 0.298 e. The molecule has 0 N–H and O–H groups in total. The van der Waals surface area contributed by atoms with Gasteiger partial charge in [-0.2, -0.15) is 0 Å². The molecule has 0 aromatic carbocycles. The minimum atomic E-state index is 0.664. The van der Waals surface area contributed by atoms with Crippen molar-refractivity contribution >= 4 is 5.78 Å². The van der Waals surface area contributed by atoms with Crippen LogP contribution in [0.15, 0.2) is 24.7 Å². The van der Waals surface area contributed by atoms with Crippen LogP contribution < -0.4 is 0 Å². The Labute approximate surface area is 125 Å². The van der Waals surface area contributed by atoms with E-state index in [1.165, 1.54) is 38.9 Å². The zero-order valence-electron chi connectivity index (χ0n) is 12.6. The highest BCUT2D eigenvalue weighted by atomic mass is 15.3. The Morgan fingerprint density at radius 1 is 1.33 bits per heavy atom. The highest BCUT2D eigenvalue weighted by molar-refractivity contribution is 5.29. The summed E-state index contributed by atoms with van der Waals surface area (Å²) in [5.41, 5.74) is 1.14. The zero-order valence-corrected chi connectivity index (χ0v) is 12.6. The Kier molecular flexibility index (Phi) is 3.39. The molecular formula is C16H23N5. The van der Waals surface area contributed by atoms with Crippen molar-refractivity contribution in [2.75, 3.05) is 19.6 Å². The van der Waals surface area contributed by atoms with Crippen LogP contribution in [0.1, 0.15) is 31.9 Å². The van der Waals surface area contributed by atoms with E-state index in [0.29, 0.717) is 6.04 Å². The monoisotopic (exact) mass is 285 g/mol. The average Bonchev–Trinajstić information content (AvgIpc) is 3.11. The molecule has 2 aromatic heterocycles. The predicted octanol–water partition coefficient (Wildman–Crippen LogP) is 1.79. The van der Waals surface area contributed by atoms with Gasteiger partial charge < -0.3 is 0 Å². The summed E-state index contributed by atoms with van der Waals surface area (Å²) in [5, 5.41) is 0. The fourth-order valence-electron chi connectivity index (χ4n) is 3.89. The molecule has 5 nitrogen and oxygen atoms in total. The van der Waals surface area contributed by atoms with Gasteiger partial charge in [-0.25, -0.2) is 9.97 Å². The Bertz CT molecular complexity index is 589. The lowest BCUT2D eigenvalue weighted by Crippen LogP contribution is -2.55. The van der Waals surface area contributed by atoms with Crippen molar-refractivity contribution in [3.63, 3.8) is 0 Å². The second-order valence-corrected chi connectivity index (χ2v) is 6.34. The van der Waals surface area contributed by atoms with Crippen molar-refractivity contribution in [1.82, 2.24) is 24.2 Å². The molecule has 5 heteroatoms. The normalized spacial score (nSPS) is 27.3. The van der Waals surface area contributed by atoms with Gasteiger partial charge in [0.25, 0.3) is 0 Å². The quantitative estimate of drug-likeness (QED) is 0.861. The fraction of sp³-hybridized carbons (Fsp3) is 0.625. The summed E-state index contributed by atoms with van der Waals surface area (Å²) >= 11 is 0. The second kappa shape index (κ2) is 5.39. The van der Waals surface area contributed by atoms with Gasteiger partial charge in [-0.15, -0.1) is 0 Å². The average molecular weight is 285 g/mol. The molecule has 0 saturated carbocycles. The maximum Gasteiger partial charge on any atom is 0.233 e. The molecule has 2 saturated heterocycles. The van der Waals surface area contributed by atoms with Crippen molar-refractivity contribution in [3.8, 4) is 0 Å². The second-order valence-electron chi connectivity index (χ2n) is 6.34. The first-order chi connectivity index (χ1) is 10.3. The van der Waals surface area contributed by atoms with Gasteiger partial charge in [0.1, 0.15) is 0 Å². The number of rotatable bonds is 3. The van der Waals surface area contributed by atoms with Crippen molar-refractivity contribution in [2.24, 2.45) is 0 Å². The summed E-state index contributed by atoms with van der Waals surface area (Å²) in [4.78, 5) is 14.3. The van der Waals surface area contributed by atoms with Crippen LogP contribution in [0.5, 0.6) is 0 Å². The van der Waals surface area contributed by atoms with Gasteiger partial charge in [0.15, 0.2) is 0 Å². The standard InChI is InChI=1S/C16H23N5/c1-2-14-11-19-7-3-5-15(19)12-21(14)10-13-9-20-8-4-6-17-16(20)18-13/h4,6,8-9,14-15H,2-3,5,7,10-12H2,1H3. The first-order valence-electron chi connectivity index (χ1n) is 8.10. The van der Waals surface area contributed by atoms with Crippen LogP contribution in [0.2, 0.25) is 0 Å². The van der Waals surface area contributed by atoms with E-state index in [4.69, 9.17) is 0 Å². The third-order valence-corrected chi connectivity index (χ3v) is 5.03. The number of nitrogens with zero attached hydrogens (tertiary/aromatic N) is 5. The molecule has 2 aromatic rings. The molecule has 112 valence electrons. The first-order valence-corrected chi connectivity index (χ1v) is 8.10. The molecule has 0 radical (unpaired) electrons. The number of piperazine rings is 1. The van der Waals surface area contributed by atoms with Gasteiger partial charge >= 0.3 is 0 Å². The van der Waals surface area contributed by atoms with E-state index in [1.807, 2.05) is 16.7 Å². The van der Waals surface area contributed by atoms with E-state index in [-0.39, 0.29) is 0 Å².